The Kier molecular flexibility index (Phi) is 4.74. The van der Waals surface area contributed by atoms with Crippen molar-refractivity contribution in [2.24, 2.45) is 0 Å². The number of carboxylic acid groups (broad SMARTS) is 1. The second kappa shape index (κ2) is 6.73. The van der Waals surface area contributed by atoms with E-state index in [4.69, 9.17) is 9.52 Å². The molecule has 104 valence electrons. The molecule has 0 bridgehead atoms. The van der Waals surface area contributed by atoms with Crippen LogP contribution in [0.1, 0.15) is 16.9 Å². The summed E-state index contributed by atoms with van der Waals surface area (Å²) in [4.78, 5) is 12.6. The largest absolute Gasteiger partial charge is 0.478 e. The van der Waals surface area contributed by atoms with Gasteiger partial charge in [-0.15, -0.1) is 0 Å². The fourth-order valence-corrected chi connectivity index (χ4v) is 1.94. The molecule has 1 heterocycles. The van der Waals surface area contributed by atoms with Gasteiger partial charge in [-0.25, -0.2) is 4.79 Å². The lowest BCUT2D eigenvalue weighted by Gasteiger charge is -2.15. The monoisotopic (exact) mass is 271 g/mol. The summed E-state index contributed by atoms with van der Waals surface area (Å²) in [6, 6.07) is 11.7. The highest BCUT2D eigenvalue weighted by atomic mass is 16.4. The van der Waals surface area contributed by atoms with Crippen LogP contribution in [0.3, 0.4) is 0 Å². The maximum absolute atomic E-state index is 10.4. The molecule has 0 aliphatic heterocycles. The number of hydrogen-bond acceptors (Lipinski definition) is 3. The van der Waals surface area contributed by atoms with Crippen LogP contribution in [0.2, 0.25) is 0 Å². The molecule has 0 spiro atoms. The Labute approximate surface area is 117 Å². The minimum absolute atomic E-state index is 0.758. The first-order chi connectivity index (χ1) is 9.63. The number of hydrogen-bond donors (Lipinski definition) is 1. The SMILES string of the molecule is CN(Cc1ccc(C=CC(=O)O)cc1)Cc1ccco1. The Morgan fingerprint density at radius 3 is 2.60 bits per heavy atom. The molecule has 0 radical (unpaired) electrons. The average Bonchev–Trinajstić information content (AvgIpc) is 2.90. The molecule has 1 N–H and O–H groups in total. The Bertz CT molecular complexity index is 570. The summed E-state index contributed by atoms with van der Waals surface area (Å²) < 4.78 is 5.31. The van der Waals surface area contributed by atoms with Gasteiger partial charge in [-0.2, -0.15) is 0 Å². The van der Waals surface area contributed by atoms with Gasteiger partial charge in [0, 0.05) is 12.6 Å². The highest BCUT2D eigenvalue weighted by Crippen LogP contribution is 2.11. The maximum atomic E-state index is 10.4. The van der Waals surface area contributed by atoms with Gasteiger partial charge in [0.05, 0.1) is 12.8 Å². The summed E-state index contributed by atoms with van der Waals surface area (Å²) >= 11 is 0. The van der Waals surface area contributed by atoms with Crippen LogP contribution in [0.4, 0.5) is 0 Å². The van der Waals surface area contributed by atoms with Crippen LogP contribution in [0.25, 0.3) is 6.08 Å². The summed E-state index contributed by atoms with van der Waals surface area (Å²) in [5.41, 5.74) is 2.05. The van der Waals surface area contributed by atoms with Gasteiger partial charge in [0.2, 0.25) is 0 Å². The van der Waals surface area contributed by atoms with Crippen molar-refractivity contribution in [1.29, 1.82) is 0 Å². The molecule has 0 fully saturated rings. The number of rotatable bonds is 6. The van der Waals surface area contributed by atoms with E-state index >= 15 is 0 Å². The van der Waals surface area contributed by atoms with Crippen LogP contribution in [0.5, 0.6) is 0 Å². The first-order valence-electron chi connectivity index (χ1n) is 6.34. The zero-order chi connectivity index (χ0) is 14.4. The van der Waals surface area contributed by atoms with Gasteiger partial charge in [-0.3, -0.25) is 4.90 Å². The van der Waals surface area contributed by atoms with Crippen LogP contribution in [-0.4, -0.2) is 23.0 Å². The third kappa shape index (κ3) is 4.40. The van der Waals surface area contributed by atoms with E-state index in [0.717, 1.165) is 30.5 Å². The molecule has 2 aromatic rings. The second-order valence-corrected chi connectivity index (χ2v) is 4.66. The van der Waals surface area contributed by atoms with Gasteiger partial charge in [-0.05, 0) is 36.4 Å². The van der Waals surface area contributed by atoms with Gasteiger partial charge < -0.3 is 9.52 Å². The summed E-state index contributed by atoms with van der Waals surface area (Å²) in [7, 11) is 2.03. The van der Waals surface area contributed by atoms with E-state index in [-0.39, 0.29) is 0 Å². The molecular weight excluding hydrogens is 254 g/mol. The number of carboxylic acids is 1. The minimum Gasteiger partial charge on any atom is -0.478 e. The van der Waals surface area contributed by atoms with Crippen LogP contribution >= 0.6 is 0 Å². The number of benzene rings is 1. The highest BCUT2D eigenvalue weighted by molar-refractivity contribution is 5.85. The van der Waals surface area contributed by atoms with E-state index in [1.165, 1.54) is 5.56 Å². The van der Waals surface area contributed by atoms with Crippen molar-refractivity contribution in [2.75, 3.05) is 7.05 Å². The van der Waals surface area contributed by atoms with Crippen molar-refractivity contribution in [3.63, 3.8) is 0 Å². The van der Waals surface area contributed by atoms with E-state index in [9.17, 15) is 4.79 Å². The zero-order valence-corrected chi connectivity index (χ0v) is 11.3. The Morgan fingerprint density at radius 1 is 1.25 bits per heavy atom. The van der Waals surface area contributed by atoms with Crippen molar-refractivity contribution < 1.29 is 14.3 Å². The number of carbonyl (C=O) groups is 1. The average molecular weight is 271 g/mol. The van der Waals surface area contributed by atoms with E-state index < -0.39 is 5.97 Å². The number of furan rings is 1. The van der Waals surface area contributed by atoms with Crippen molar-refractivity contribution in [2.45, 2.75) is 13.1 Å². The van der Waals surface area contributed by atoms with Gasteiger partial charge in [-0.1, -0.05) is 24.3 Å². The maximum Gasteiger partial charge on any atom is 0.328 e. The van der Waals surface area contributed by atoms with Crippen LogP contribution in [0, 0.1) is 0 Å². The second-order valence-electron chi connectivity index (χ2n) is 4.66. The van der Waals surface area contributed by atoms with E-state index in [2.05, 4.69) is 4.90 Å². The lowest BCUT2D eigenvalue weighted by atomic mass is 10.1. The number of nitrogens with zero attached hydrogens (tertiary/aromatic N) is 1. The zero-order valence-electron chi connectivity index (χ0n) is 11.3. The molecule has 0 saturated carbocycles. The molecule has 1 aromatic heterocycles. The third-order valence-corrected chi connectivity index (χ3v) is 2.86. The van der Waals surface area contributed by atoms with Crippen LogP contribution < -0.4 is 0 Å². The van der Waals surface area contributed by atoms with E-state index in [0.29, 0.717) is 0 Å². The predicted molar refractivity (Wildman–Crippen MR) is 77.0 cm³/mol. The fourth-order valence-electron chi connectivity index (χ4n) is 1.94. The summed E-state index contributed by atoms with van der Waals surface area (Å²) in [5.74, 6) is 0.000712. The topological polar surface area (TPSA) is 53.7 Å². The predicted octanol–water partition coefficient (Wildman–Crippen LogP) is 3.01. The molecular formula is C16H17NO3. The van der Waals surface area contributed by atoms with Crippen LogP contribution in [0.15, 0.2) is 53.2 Å². The molecule has 0 aliphatic rings. The van der Waals surface area contributed by atoms with Gasteiger partial charge >= 0.3 is 5.97 Å². The standard InChI is InChI=1S/C16H17NO3/c1-17(12-15-3-2-10-20-15)11-14-6-4-13(5-7-14)8-9-16(18)19/h2-10H,11-12H2,1H3,(H,18,19). The summed E-state index contributed by atoms with van der Waals surface area (Å²) in [5, 5.41) is 8.57. The smallest absolute Gasteiger partial charge is 0.328 e. The van der Waals surface area contributed by atoms with Crippen molar-refractivity contribution in [1.82, 2.24) is 4.90 Å². The summed E-state index contributed by atoms with van der Waals surface area (Å²) in [6.07, 6.45) is 4.39. The molecule has 0 atom stereocenters. The highest BCUT2D eigenvalue weighted by Gasteiger charge is 2.03. The van der Waals surface area contributed by atoms with Crippen molar-refractivity contribution in [3.8, 4) is 0 Å². The molecule has 20 heavy (non-hydrogen) atoms. The molecule has 0 unspecified atom stereocenters. The van der Waals surface area contributed by atoms with Gasteiger partial charge in [0.25, 0.3) is 0 Å². The first kappa shape index (κ1) is 14.1. The lowest BCUT2D eigenvalue weighted by molar-refractivity contribution is -0.131. The van der Waals surface area contributed by atoms with Crippen molar-refractivity contribution >= 4 is 12.0 Å². The fraction of sp³-hybridized carbons (Fsp3) is 0.188. The Hall–Kier alpha value is -2.33. The molecule has 4 heteroatoms. The van der Waals surface area contributed by atoms with Crippen molar-refractivity contribution in [3.05, 3.63) is 65.6 Å². The quantitative estimate of drug-likeness (QED) is 0.821. The lowest BCUT2D eigenvalue weighted by Crippen LogP contribution is -2.16. The molecule has 0 amide bonds. The summed E-state index contributed by atoms with van der Waals surface area (Å²) in [6.45, 7) is 1.57. The minimum atomic E-state index is -0.938. The van der Waals surface area contributed by atoms with E-state index in [1.807, 2.05) is 43.4 Å². The molecule has 0 saturated heterocycles. The van der Waals surface area contributed by atoms with Crippen LogP contribution in [-0.2, 0) is 17.9 Å². The molecule has 4 nitrogen and oxygen atoms in total. The van der Waals surface area contributed by atoms with E-state index in [1.54, 1.807) is 12.3 Å². The Morgan fingerprint density at radius 2 is 2.00 bits per heavy atom. The molecule has 0 aliphatic carbocycles. The van der Waals surface area contributed by atoms with Gasteiger partial charge in [0.15, 0.2) is 0 Å². The molecule has 1 aromatic carbocycles. The molecule has 2 rings (SSSR count). The number of aliphatic carboxylic acids is 1. The van der Waals surface area contributed by atoms with Gasteiger partial charge in [0.1, 0.15) is 5.76 Å². The normalized spacial score (nSPS) is 11.3. The Balaban J connectivity index is 1.91. The third-order valence-electron chi connectivity index (χ3n) is 2.86. The first-order valence-corrected chi connectivity index (χ1v) is 6.34.